The van der Waals surface area contributed by atoms with Crippen LogP contribution in [0.2, 0.25) is 0 Å². The van der Waals surface area contributed by atoms with Gasteiger partial charge in [0.1, 0.15) is 50.8 Å². The molecule has 4 rings (SSSR count). The van der Waals surface area contributed by atoms with E-state index >= 15 is 0 Å². The van der Waals surface area contributed by atoms with E-state index in [-0.39, 0.29) is 37.6 Å². The topological polar surface area (TPSA) is 154 Å². The first-order chi connectivity index (χ1) is 14.8. The third-order valence-electron chi connectivity index (χ3n) is 5.83. The fourth-order valence-corrected chi connectivity index (χ4v) is 6.23. The third kappa shape index (κ3) is 5.48. The smallest absolute Gasteiger partial charge is 0.144 e. The molecule has 14 heteroatoms. The Morgan fingerprint density at radius 3 is 1.41 bits per heavy atom. The van der Waals surface area contributed by atoms with Gasteiger partial charge >= 0.3 is 0 Å². The summed E-state index contributed by atoms with van der Waals surface area (Å²) in [6, 6.07) is 0. The molecule has 4 aliphatic heterocycles. The summed E-state index contributed by atoms with van der Waals surface area (Å²) in [5.74, 6) is 0. The van der Waals surface area contributed by atoms with Crippen molar-refractivity contribution in [1.82, 2.24) is 0 Å². The summed E-state index contributed by atoms with van der Waals surface area (Å²) in [6.45, 7) is 6.91. The normalized spacial score (nSPS) is 45.9. The molecule has 4 saturated heterocycles. The Balaban J connectivity index is 0.000000181. The van der Waals surface area contributed by atoms with Gasteiger partial charge in [0.05, 0.1) is 38.6 Å². The number of ether oxygens (including phenoxy) is 6. The number of methoxy groups -OCH3 is 2. The summed E-state index contributed by atoms with van der Waals surface area (Å²) < 4.78 is 65.1. The molecule has 4 aliphatic rings. The molecular weight excluding hydrogens is 470 g/mol. The fourth-order valence-electron chi connectivity index (χ4n) is 4.78. The van der Waals surface area contributed by atoms with Crippen molar-refractivity contribution < 1.29 is 56.4 Å². The number of fused-ring (bicyclic) bond motifs is 4. The summed E-state index contributed by atoms with van der Waals surface area (Å²) in [4.78, 5) is 22.4. The van der Waals surface area contributed by atoms with Gasteiger partial charge in [-0.3, -0.25) is 0 Å². The first-order valence-electron chi connectivity index (χ1n) is 10.3. The van der Waals surface area contributed by atoms with E-state index in [2.05, 4.69) is 0 Å². The molecule has 0 radical (unpaired) electrons. The highest BCUT2D eigenvalue weighted by atomic mass is 31.2. The van der Waals surface area contributed by atoms with Crippen LogP contribution in [0.3, 0.4) is 0 Å². The molecule has 5 unspecified atom stereocenters. The van der Waals surface area contributed by atoms with Crippen LogP contribution >= 0.6 is 15.2 Å². The van der Waals surface area contributed by atoms with Gasteiger partial charge < -0.3 is 56.4 Å². The van der Waals surface area contributed by atoms with E-state index < -0.39 is 38.6 Å². The van der Waals surface area contributed by atoms with Gasteiger partial charge in [0.2, 0.25) is 0 Å². The molecule has 4 bridgehead atoms. The van der Waals surface area contributed by atoms with Gasteiger partial charge in [0.15, 0.2) is 0 Å². The molecule has 32 heavy (non-hydrogen) atoms. The summed E-state index contributed by atoms with van der Waals surface area (Å²) >= 11 is 0. The second-order valence-corrected chi connectivity index (χ2v) is 12.3. The molecule has 0 spiro atoms. The standard InChI is InChI=1S/2C9H17O6P/c2*1-6-7-8(15-16(3,10)11)9(14-6,4-12-2)5-13-7/h2*6-8H,4-5H2,1-3H3,(H,10,11)/p-2/t6?,7?,8-,9-;6-,7?,8+,9-/m00/s1. The maximum absolute atomic E-state index is 11.2. The lowest BCUT2D eigenvalue weighted by Crippen LogP contribution is -2.46. The molecule has 0 aromatic carbocycles. The van der Waals surface area contributed by atoms with E-state index in [1.54, 1.807) is 0 Å². The first-order valence-corrected chi connectivity index (χ1v) is 14.2. The summed E-state index contributed by atoms with van der Waals surface area (Å²) in [7, 11) is -4.54. The molecule has 0 aromatic rings. The molecule has 4 fully saturated rings. The minimum Gasteiger partial charge on any atom is -0.779 e. The van der Waals surface area contributed by atoms with Crippen LogP contribution < -0.4 is 9.79 Å². The van der Waals surface area contributed by atoms with Crippen molar-refractivity contribution in [3.8, 4) is 0 Å². The Bertz CT molecular complexity index is 692. The molecule has 10 atom stereocenters. The van der Waals surface area contributed by atoms with Crippen LogP contribution in [0, 0.1) is 0 Å². The van der Waals surface area contributed by atoms with E-state index in [1.807, 2.05) is 13.8 Å². The second kappa shape index (κ2) is 9.60. The minimum absolute atomic E-state index is 0.180. The zero-order valence-electron chi connectivity index (χ0n) is 19.1. The van der Waals surface area contributed by atoms with Gasteiger partial charge in [-0.2, -0.15) is 0 Å². The predicted molar refractivity (Wildman–Crippen MR) is 107 cm³/mol. The van der Waals surface area contributed by atoms with Crippen molar-refractivity contribution in [3.63, 3.8) is 0 Å². The van der Waals surface area contributed by atoms with Crippen LogP contribution in [0.15, 0.2) is 0 Å². The lowest BCUT2D eigenvalue weighted by Gasteiger charge is -2.31. The van der Waals surface area contributed by atoms with Gasteiger partial charge in [0.25, 0.3) is 0 Å². The number of hydrogen-bond acceptors (Lipinski definition) is 12. The maximum atomic E-state index is 11.2. The quantitative estimate of drug-likeness (QED) is 0.394. The summed E-state index contributed by atoms with van der Waals surface area (Å²) in [5.41, 5.74) is -1.57. The highest BCUT2D eigenvalue weighted by Gasteiger charge is 2.62. The average Bonchev–Trinajstić information content (AvgIpc) is 3.28. The van der Waals surface area contributed by atoms with Gasteiger partial charge in [-0.1, -0.05) is 0 Å². The van der Waals surface area contributed by atoms with Crippen molar-refractivity contribution in [2.45, 2.75) is 61.7 Å². The Kier molecular flexibility index (Phi) is 8.00. The fraction of sp³-hybridized carbons (Fsp3) is 1.00. The Hall–Kier alpha value is 0.0600. The SMILES string of the molecule is COC[C@@]12COC(C(C)O1)[C@@H]2OP(C)(=O)[O-].COC[C@@]12COC([C@H](C)O1)[C@H]2OP(C)(=O)[O-]. The molecule has 4 heterocycles. The average molecular weight is 502 g/mol. The lowest BCUT2D eigenvalue weighted by molar-refractivity contribution is -0.207. The molecule has 0 saturated carbocycles. The van der Waals surface area contributed by atoms with E-state index in [9.17, 15) is 18.9 Å². The van der Waals surface area contributed by atoms with E-state index in [0.717, 1.165) is 13.3 Å². The Morgan fingerprint density at radius 1 is 0.812 bits per heavy atom. The zero-order chi connectivity index (χ0) is 23.9. The Morgan fingerprint density at radius 2 is 1.16 bits per heavy atom. The van der Waals surface area contributed by atoms with Gasteiger partial charge in [-0.15, -0.1) is 0 Å². The van der Waals surface area contributed by atoms with Crippen LogP contribution in [0.25, 0.3) is 0 Å². The van der Waals surface area contributed by atoms with E-state index in [4.69, 9.17) is 37.5 Å². The van der Waals surface area contributed by atoms with Crippen molar-refractivity contribution in [2.75, 3.05) is 54.0 Å². The van der Waals surface area contributed by atoms with Crippen LogP contribution in [0.4, 0.5) is 0 Å². The van der Waals surface area contributed by atoms with Crippen molar-refractivity contribution in [1.29, 1.82) is 0 Å². The molecule has 0 amide bonds. The van der Waals surface area contributed by atoms with Gasteiger partial charge in [-0.25, -0.2) is 0 Å². The largest absolute Gasteiger partial charge is 0.779 e. The van der Waals surface area contributed by atoms with Gasteiger partial charge in [-0.05, 0) is 13.8 Å². The predicted octanol–water partition coefficient (Wildman–Crippen LogP) is -0.485. The van der Waals surface area contributed by atoms with Crippen molar-refractivity contribution in [2.24, 2.45) is 0 Å². The maximum Gasteiger partial charge on any atom is 0.144 e. The highest BCUT2D eigenvalue weighted by molar-refractivity contribution is 7.50. The number of rotatable bonds is 8. The second-order valence-electron chi connectivity index (χ2n) is 8.79. The van der Waals surface area contributed by atoms with Crippen LogP contribution in [0.1, 0.15) is 13.8 Å². The first kappa shape index (κ1) is 26.7. The van der Waals surface area contributed by atoms with Crippen molar-refractivity contribution >= 4 is 15.2 Å². The van der Waals surface area contributed by atoms with Crippen LogP contribution in [0.5, 0.6) is 0 Å². The molecule has 0 N–H and O–H groups in total. The lowest BCUT2D eigenvalue weighted by atomic mass is 10.00. The van der Waals surface area contributed by atoms with Crippen molar-refractivity contribution in [3.05, 3.63) is 0 Å². The third-order valence-corrected chi connectivity index (χ3v) is 7.05. The highest BCUT2D eigenvalue weighted by Crippen LogP contribution is 2.49. The summed E-state index contributed by atoms with van der Waals surface area (Å²) in [5, 5.41) is 0. The van der Waals surface area contributed by atoms with E-state index in [0.29, 0.717) is 13.2 Å². The van der Waals surface area contributed by atoms with Gasteiger partial charge in [0, 0.05) is 27.5 Å². The monoisotopic (exact) mass is 502 g/mol. The Labute approximate surface area is 187 Å². The number of hydrogen-bond donors (Lipinski definition) is 0. The van der Waals surface area contributed by atoms with Crippen LogP contribution in [-0.4, -0.2) is 102 Å². The molecule has 0 aromatic heterocycles. The molecular formula is C18H32O12P2-2. The molecule has 0 aliphatic carbocycles. The molecule has 12 nitrogen and oxygen atoms in total. The zero-order valence-corrected chi connectivity index (χ0v) is 20.9. The molecule has 188 valence electrons. The minimum atomic E-state index is -3.81. The summed E-state index contributed by atoms with van der Waals surface area (Å²) in [6.07, 6.45) is -2.23. The van der Waals surface area contributed by atoms with Crippen LogP contribution in [-0.2, 0) is 46.6 Å². The van der Waals surface area contributed by atoms with E-state index in [1.165, 1.54) is 14.2 Å².